The quantitative estimate of drug-likeness (QED) is 0.423. The summed E-state index contributed by atoms with van der Waals surface area (Å²) in [6, 6.07) is 6.59. The Balaban J connectivity index is 1.73. The minimum atomic E-state index is -1.11. The van der Waals surface area contributed by atoms with Gasteiger partial charge in [-0.25, -0.2) is 4.98 Å². The van der Waals surface area contributed by atoms with Crippen molar-refractivity contribution in [2.45, 2.75) is 58.8 Å². The molecule has 3 aromatic rings. The first-order valence-electron chi connectivity index (χ1n) is 12.6. The molecule has 2 aromatic heterocycles. The number of hydrogen-bond acceptors (Lipinski definition) is 6. The number of carbonyl (C=O) groups excluding carboxylic acids is 1. The third-order valence-corrected chi connectivity index (χ3v) is 7.11. The van der Waals surface area contributed by atoms with Crippen LogP contribution >= 0.6 is 0 Å². The standard InChI is InChI=1S/C27H35N5O5/c1-16-10-21(15-30(4)26(16)35)25-29-22-11-19(12-28-24(17(2)33)27(36)37)7-8-23(22)32(25)14-20-6-5-9-31(13-20)18(3)34/h7-8,10-11,15,17,20,24,28,33H,5-6,9,12-14H2,1-4H3,(H,36,37)/t17-,20+,24-/m1/s1. The zero-order valence-corrected chi connectivity index (χ0v) is 21.8. The number of hydrogen-bond donors (Lipinski definition) is 3. The van der Waals surface area contributed by atoms with Gasteiger partial charge in [-0.15, -0.1) is 0 Å². The summed E-state index contributed by atoms with van der Waals surface area (Å²) in [7, 11) is 1.72. The first-order valence-corrected chi connectivity index (χ1v) is 12.6. The molecule has 10 heteroatoms. The first-order chi connectivity index (χ1) is 17.5. The highest BCUT2D eigenvalue weighted by atomic mass is 16.4. The Morgan fingerprint density at radius 1 is 1.27 bits per heavy atom. The highest BCUT2D eigenvalue weighted by molar-refractivity contribution is 5.81. The maximum Gasteiger partial charge on any atom is 0.323 e. The number of carbonyl (C=O) groups is 2. The van der Waals surface area contributed by atoms with Crippen LogP contribution in [-0.4, -0.2) is 66.3 Å². The third-order valence-electron chi connectivity index (χ3n) is 7.11. The number of aliphatic hydroxyl groups is 1. The maximum atomic E-state index is 12.3. The van der Waals surface area contributed by atoms with E-state index in [1.54, 1.807) is 31.7 Å². The van der Waals surface area contributed by atoms with Gasteiger partial charge in [-0.1, -0.05) is 6.07 Å². The molecular formula is C27H35N5O5. The second-order valence-electron chi connectivity index (χ2n) is 10.1. The van der Waals surface area contributed by atoms with Gasteiger partial charge in [-0.05, 0) is 56.4 Å². The summed E-state index contributed by atoms with van der Waals surface area (Å²) >= 11 is 0. The lowest BCUT2D eigenvalue weighted by Crippen LogP contribution is -2.44. The molecule has 10 nitrogen and oxygen atoms in total. The van der Waals surface area contributed by atoms with Gasteiger partial charge in [0.2, 0.25) is 5.91 Å². The number of aliphatic hydroxyl groups excluding tert-OH is 1. The van der Waals surface area contributed by atoms with Crippen LogP contribution in [-0.2, 0) is 29.7 Å². The zero-order chi connectivity index (χ0) is 26.9. The summed E-state index contributed by atoms with van der Waals surface area (Å²) in [6.45, 7) is 7.25. The maximum absolute atomic E-state index is 12.3. The van der Waals surface area contributed by atoms with Crippen molar-refractivity contribution in [2.75, 3.05) is 13.1 Å². The van der Waals surface area contributed by atoms with Gasteiger partial charge in [0, 0.05) is 57.5 Å². The molecule has 3 N–H and O–H groups in total. The van der Waals surface area contributed by atoms with Gasteiger partial charge in [-0.3, -0.25) is 19.7 Å². The fourth-order valence-electron chi connectivity index (χ4n) is 5.14. The van der Waals surface area contributed by atoms with Crippen LogP contribution in [0.1, 0.15) is 37.8 Å². The van der Waals surface area contributed by atoms with Crippen molar-refractivity contribution in [3.05, 3.63) is 51.9 Å². The number of piperidine rings is 1. The second kappa shape index (κ2) is 10.9. The molecule has 1 aliphatic rings. The number of benzene rings is 1. The van der Waals surface area contributed by atoms with Gasteiger partial charge >= 0.3 is 5.97 Å². The molecule has 0 spiro atoms. The van der Waals surface area contributed by atoms with E-state index in [2.05, 4.69) is 9.88 Å². The van der Waals surface area contributed by atoms with E-state index in [1.165, 1.54) is 6.92 Å². The number of imidazole rings is 1. The number of nitrogens with zero attached hydrogens (tertiary/aromatic N) is 4. The number of aromatic nitrogens is 3. The predicted molar refractivity (Wildman–Crippen MR) is 140 cm³/mol. The summed E-state index contributed by atoms with van der Waals surface area (Å²) in [5, 5.41) is 22.0. The van der Waals surface area contributed by atoms with Gasteiger partial charge in [0.15, 0.2) is 0 Å². The van der Waals surface area contributed by atoms with E-state index in [1.807, 2.05) is 29.2 Å². The Labute approximate surface area is 215 Å². The average molecular weight is 510 g/mol. The summed E-state index contributed by atoms with van der Waals surface area (Å²) in [5.41, 5.74) is 3.92. The van der Waals surface area contributed by atoms with E-state index < -0.39 is 18.1 Å². The van der Waals surface area contributed by atoms with Gasteiger partial charge in [0.05, 0.1) is 17.1 Å². The van der Waals surface area contributed by atoms with Crippen molar-refractivity contribution in [3.63, 3.8) is 0 Å². The molecule has 4 rings (SSSR count). The molecule has 1 saturated heterocycles. The fraction of sp³-hybridized carbons (Fsp3) is 0.481. The predicted octanol–water partition coefficient (Wildman–Crippen LogP) is 1.89. The van der Waals surface area contributed by atoms with Crippen molar-refractivity contribution < 1.29 is 19.8 Å². The number of aliphatic carboxylic acids is 1. The van der Waals surface area contributed by atoms with Crippen molar-refractivity contribution in [3.8, 4) is 11.4 Å². The Hall–Kier alpha value is -3.50. The Kier molecular flexibility index (Phi) is 7.79. The van der Waals surface area contributed by atoms with Gasteiger partial charge in [0.25, 0.3) is 5.56 Å². The number of carboxylic acid groups (broad SMARTS) is 1. The number of aryl methyl sites for hydroxylation is 2. The fourth-order valence-corrected chi connectivity index (χ4v) is 5.14. The summed E-state index contributed by atoms with van der Waals surface area (Å²) < 4.78 is 3.72. The molecule has 0 saturated carbocycles. The van der Waals surface area contributed by atoms with Crippen molar-refractivity contribution in [1.29, 1.82) is 0 Å². The van der Waals surface area contributed by atoms with Crippen molar-refractivity contribution >= 4 is 22.9 Å². The van der Waals surface area contributed by atoms with E-state index in [4.69, 9.17) is 4.98 Å². The summed E-state index contributed by atoms with van der Waals surface area (Å²) in [5.74, 6) is -0.0137. The lowest BCUT2D eigenvalue weighted by atomic mass is 9.97. The largest absolute Gasteiger partial charge is 0.480 e. The number of carboxylic acids is 1. The smallest absolute Gasteiger partial charge is 0.323 e. The molecule has 3 heterocycles. The number of nitrogens with one attached hydrogen (secondary N) is 1. The lowest BCUT2D eigenvalue weighted by molar-refractivity contribution is -0.142. The molecular weight excluding hydrogens is 474 g/mol. The third kappa shape index (κ3) is 5.75. The second-order valence-corrected chi connectivity index (χ2v) is 10.1. The Morgan fingerprint density at radius 3 is 2.68 bits per heavy atom. The molecule has 3 atom stereocenters. The van der Waals surface area contributed by atoms with E-state index in [-0.39, 0.29) is 23.9 Å². The molecule has 1 fully saturated rings. The van der Waals surface area contributed by atoms with E-state index in [9.17, 15) is 24.6 Å². The van der Waals surface area contributed by atoms with Gasteiger partial charge in [-0.2, -0.15) is 0 Å². The molecule has 0 unspecified atom stereocenters. The number of amides is 1. The SMILES string of the molecule is CC(=O)N1CCC[C@H](Cn2c(-c3cc(C)c(=O)n(C)c3)nc3cc(CN[C@@H](C(=O)O)[C@@H](C)O)ccc32)C1. The molecule has 1 amide bonds. The molecule has 198 valence electrons. The first kappa shape index (κ1) is 26.6. The van der Waals surface area contributed by atoms with Crippen LogP contribution in [0.25, 0.3) is 22.4 Å². The van der Waals surface area contributed by atoms with Crippen molar-refractivity contribution in [2.24, 2.45) is 13.0 Å². The zero-order valence-electron chi connectivity index (χ0n) is 21.8. The number of rotatable bonds is 8. The molecule has 1 aliphatic heterocycles. The number of likely N-dealkylation sites (tertiary alicyclic amines) is 1. The number of fused-ring (bicyclic) bond motifs is 1. The van der Waals surface area contributed by atoms with E-state index in [0.29, 0.717) is 18.7 Å². The molecule has 0 aliphatic carbocycles. The Bertz CT molecular complexity index is 1350. The van der Waals surface area contributed by atoms with E-state index in [0.717, 1.165) is 47.4 Å². The molecule has 0 bridgehead atoms. The van der Waals surface area contributed by atoms with Crippen LogP contribution in [0.4, 0.5) is 0 Å². The minimum Gasteiger partial charge on any atom is -0.480 e. The highest BCUT2D eigenvalue weighted by Crippen LogP contribution is 2.29. The lowest BCUT2D eigenvalue weighted by Gasteiger charge is -2.32. The topological polar surface area (TPSA) is 130 Å². The van der Waals surface area contributed by atoms with Crippen LogP contribution in [0.2, 0.25) is 0 Å². The summed E-state index contributed by atoms with van der Waals surface area (Å²) in [6.07, 6.45) is 2.71. The highest BCUT2D eigenvalue weighted by Gasteiger charge is 2.25. The van der Waals surface area contributed by atoms with Gasteiger partial charge in [0.1, 0.15) is 11.9 Å². The van der Waals surface area contributed by atoms with Crippen LogP contribution in [0.3, 0.4) is 0 Å². The molecule has 1 aromatic carbocycles. The minimum absolute atomic E-state index is 0.0600. The van der Waals surface area contributed by atoms with Crippen LogP contribution in [0, 0.1) is 12.8 Å². The molecule has 37 heavy (non-hydrogen) atoms. The van der Waals surface area contributed by atoms with E-state index >= 15 is 0 Å². The van der Waals surface area contributed by atoms with Crippen LogP contribution in [0.15, 0.2) is 35.3 Å². The average Bonchev–Trinajstić information content (AvgIpc) is 3.19. The van der Waals surface area contributed by atoms with Gasteiger partial charge < -0.3 is 24.2 Å². The number of pyridine rings is 1. The normalized spacial score (nSPS) is 17.6. The monoisotopic (exact) mass is 509 g/mol. The van der Waals surface area contributed by atoms with Crippen LogP contribution < -0.4 is 10.9 Å². The van der Waals surface area contributed by atoms with Crippen LogP contribution in [0.5, 0.6) is 0 Å². The molecule has 0 radical (unpaired) electrons. The summed E-state index contributed by atoms with van der Waals surface area (Å²) in [4.78, 5) is 42.6. The van der Waals surface area contributed by atoms with Crippen molar-refractivity contribution in [1.82, 2.24) is 24.3 Å². The Morgan fingerprint density at radius 2 is 2.03 bits per heavy atom.